The lowest BCUT2D eigenvalue weighted by Gasteiger charge is -2.17. The van der Waals surface area contributed by atoms with Gasteiger partial charge in [-0.1, -0.05) is 24.5 Å². The standard InChI is InChI=1S/C16H29N3/c1-2-17-16(19-15-10-6-7-11-15)18-13-12-14-8-4-3-5-9-14/h8,15H,2-7,9-13H2,1H3,(H2,17,18,19). The molecular weight excluding hydrogens is 234 g/mol. The molecule has 0 bridgehead atoms. The van der Waals surface area contributed by atoms with E-state index in [0.29, 0.717) is 6.04 Å². The molecule has 3 nitrogen and oxygen atoms in total. The van der Waals surface area contributed by atoms with E-state index in [0.717, 1.165) is 25.5 Å². The molecule has 0 saturated heterocycles. The topological polar surface area (TPSA) is 36.4 Å². The Kier molecular flexibility index (Phi) is 6.25. The predicted octanol–water partition coefficient (Wildman–Crippen LogP) is 3.37. The molecule has 0 aromatic rings. The predicted molar refractivity (Wildman–Crippen MR) is 82.5 cm³/mol. The summed E-state index contributed by atoms with van der Waals surface area (Å²) in [4.78, 5) is 4.72. The maximum absolute atomic E-state index is 4.72. The van der Waals surface area contributed by atoms with Crippen molar-refractivity contribution >= 4 is 5.96 Å². The Hall–Kier alpha value is -0.990. The summed E-state index contributed by atoms with van der Waals surface area (Å²) in [6, 6.07) is 0.645. The van der Waals surface area contributed by atoms with Crippen molar-refractivity contribution in [2.24, 2.45) is 4.99 Å². The second-order valence-corrected chi connectivity index (χ2v) is 5.74. The third kappa shape index (κ3) is 5.25. The number of hydrogen-bond acceptors (Lipinski definition) is 1. The van der Waals surface area contributed by atoms with E-state index in [2.05, 4.69) is 23.6 Å². The number of rotatable bonds is 5. The van der Waals surface area contributed by atoms with Gasteiger partial charge in [0.05, 0.1) is 0 Å². The van der Waals surface area contributed by atoms with Crippen molar-refractivity contribution in [3.05, 3.63) is 11.6 Å². The van der Waals surface area contributed by atoms with Gasteiger partial charge in [-0.3, -0.25) is 4.99 Å². The van der Waals surface area contributed by atoms with E-state index in [1.54, 1.807) is 5.57 Å². The Balaban J connectivity index is 1.76. The van der Waals surface area contributed by atoms with Gasteiger partial charge in [-0.2, -0.15) is 0 Å². The van der Waals surface area contributed by atoms with Crippen molar-refractivity contribution < 1.29 is 0 Å². The summed E-state index contributed by atoms with van der Waals surface area (Å²) >= 11 is 0. The number of nitrogens with zero attached hydrogens (tertiary/aromatic N) is 1. The smallest absolute Gasteiger partial charge is 0.191 e. The zero-order valence-corrected chi connectivity index (χ0v) is 12.4. The van der Waals surface area contributed by atoms with E-state index in [1.807, 2.05) is 0 Å². The minimum atomic E-state index is 0.645. The summed E-state index contributed by atoms with van der Waals surface area (Å²) in [6.07, 6.45) is 14.2. The number of hydrogen-bond donors (Lipinski definition) is 2. The molecule has 2 aliphatic carbocycles. The quantitative estimate of drug-likeness (QED) is 0.453. The summed E-state index contributed by atoms with van der Waals surface area (Å²) in [5, 5.41) is 6.94. The molecule has 0 spiro atoms. The molecule has 0 aromatic carbocycles. The fourth-order valence-corrected chi connectivity index (χ4v) is 3.03. The molecule has 2 N–H and O–H groups in total. The molecule has 0 amide bonds. The number of allylic oxidation sites excluding steroid dienone is 1. The van der Waals surface area contributed by atoms with Gasteiger partial charge in [0.1, 0.15) is 0 Å². The number of aliphatic imine (C=N–C) groups is 1. The summed E-state index contributed by atoms with van der Waals surface area (Å²) in [6.45, 7) is 4.00. The van der Waals surface area contributed by atoms with Crippen molar-refractivity contribution in [1.29, 1.82) is 0 Å². The highest BCUT2D eigenvalue weighted by Gasteiger charge is 2.15. The second kappa shape index (κ2) is 8.23. The molecule has 1 fully saturated rings. The Bertz CT molecular complexity index is 314. The SMILES string of the molecule is CCNC(=NCCC1=CCCCC1)NC1CCCC1. The van der Waals surface area contributed by atoms with E-state index in [-0.39, 0.29) is 0 Å². The van der Waals surface area contributed by atoms with Gasteiger partial charge in [-0.05, 0) is 51.9 Å². The lowest BCUT2D eigenvalue weighted by atomic mass is 9.97. The molecule has 0 radical (unpaired) electrons. The fourth-order valence-electron chi connectivity index (χ4n) is 3.03. The lowest BCUT2D eigenvalue weighted by Crippen LogP contribution is -2.42. The van der Waals surface area contributed by atoms with Crippen LogP contribution < -0.4 is 10.6 Å². The molecule has 1 saturated carbocycles. The minimum Gasteiger partial charge on any atom is -0.357 e. The zero-order valence-electron chi connectivity index (χ0n) is 12.4. The maximum Gasteiger partial charge on any atom is 0.191 e. The summed E-state index contributed by atoms with van der Waals surface area (Å²) in [5.74, 6) is 1.02. The normalized spacial score (nSPS) is 21.3. The van der Waals surface area contributed by atoms with Gasteiger partial charge in [0.25, 0.3) is 0 Å². The van der Waals surface area contributed by atoms with E-state index >= 15 is 0 Å². The molecule has 2 aliphatic rings. The zero-order chi connectivity index (χ0) is 13.3. The van der Waals surface area contributed by atoms with Crippen molar-refractivity contribution in [2.75, 3.05) is 13.1 Å². The highest BCUT2D eigenvalue weighted by molar-refractivity contribution is 5.80. The van der Waals surface area contributed by atoms with Crippen molar-refractivity contribution in [3.63, 3.8) is 0 Å². The average molecular weight is 263 g/mol. The molecule has 0 atom stereocenters. The van der Waals surface area contributed by atoms with Crippen LogP contribution in [-0.4, -0.2) is 25.1 Å². The van der Waals surface area contributed by atoms with Crippen LogP contribution in [0.4, 0.5) is 0 Å². The molecular formula is C16H29N3. The third-order valence-electron chi connectivity index (χ3n) is 4.13. The number of guanidine groups is 1. The third-order valence-corrected chi connectivity index (χ3v) is 4.13. The van der Waals surface area contributed by atoms with Crippen LogP contribution in [0.25, 0.3) is 0 Å². The van der Waals surface area contributed by atoms with Gasteiger partial charge >= 0.3 is 0 Å². The molecule has 3 heteroatoms. The largest absolute Gasteiger partial charge is 0.357 e. The van der Waals surface area contributed by atoms with Gasteiger partial charge in [0.15, 0.2) is 5.96 Å². The van der Waals surface area contributed by atoms with Crippen LogP contribution in [0.1, 0.15) is 64.7 Å². The molecule has 0 aromatic heterocycles. The van der Waals surface area contributed by atoms with Crippen LogP contribution in [-0.2, 0) is 0 Å². The van der Waals surface area contributed by atoms with Crippen LogP contribution in [0.2, 0.25) is 0 Å². The highest BCUT2D eigenvalue weighted by atomic mass is 15.2. The lowest BCUT2D eigenvalue weighted by molar-refractivity contribution is 0.613. The first-order valence-electron chi connectivity index (χ1n) is 8.11. The van der Waals surface area contributed by atoms with Gasteiger partial charge in [-0.15, -0.1) is 0 Å². The fraction of sp³-hybridized carbons (Fsp3) is 0.812. The first kappa shape index (κ1) is 14.4. The average Bonchev–Trinajstić information content (AvgIpc) is 2.93. The van der Waals surface area contributed by atoms with E-state index in [9.17, 15) is 0 Å². The molecule has 19 heavy (non-hydrogen) atoms. The van der Waals surface area contributed by atoms with Crippen LogP contribution >= 0.6 is 0 Å². The van der Waals surface area contributed by atoms with Gasteiger partial charge < -0.3 is 10.6 Å². The van der Waals surface area contributed by atoms with Crippen molar-refractivity contribution in [1.82, 2.24) is 10.6 Å². The Morgan fingerprint density at radius 2 is 2.11 bits per heavy atom. The minimum absolute atomic E-state index is 0.645. The van der Waals surface area contributed by atoms with E-state index in [1.165, 1.54) is 51.4 Å². The first-order chi connectivity index (χ1) is 9.38. The Morgan fingerprint density at radius 3 is 2.79 bits per heavy atom. The molecule has 0 heterocycles. The monoisotopic (exact) mass is 263 g/mol. The number of nitrogens with one attached hydrogen (secondary N) is 2. The summed E-state index contributed by atoms with van der Waals surface area (Å²) < 4.78 is 0. The molecule has 0 unspecified atom stereocenters. The van der Waals surface area contributed by atoms with Crippen molar-refractivity contribution in [3.8, 4) is 0 Å². The van der Waals surface area contributed by atoms with Crippen LogP contribution in [0.3, 0.4) is 0 Å². The van der Waals surface area contributed by atoms with E-state index in [4.69, 9.17) is 4.99 Å². The second-order valence-electron chi connectivity index (χ2n) is 5.74. The molecule has 108 valence electrons. The molecule has 2 rings (SSSR count). The molecule has 0 aliphatic heterocycles. The highest BCUT2D eigenvalue weighted by Crippen LogP contribution is 2.20. The van der Waals surface area contributed by atoms with Crippen molar-refractivity contribution in [2.45, 2.75) is 70.8 Å². The van der Waals surface area contributed by atoms with Gasteiger partial charge in [0.2, 0.25) is 0 Å². The van der Waals surface area contributed by atoms with Gasteiger partial charge in [0, 0.05) is 19.1 Å². The first-order valence-corrected chi connectivity index (χ1v) is 8.11. The Labute approximate surface area is 118 Å². The van der Waals surface area contributed by atoms with Crippen LogP contribution in [0.15, 0.2) is 16.6 Å². The maximum atomic E-state index is 4.72. The van der Waals surface area contributed by atoms with Gasteiger partial charge in [-0.25, -0.2) is 0 Å². The van der Waals surface area contributed by atoms with Crippen LogP contribution in [0.5, 0.6) is 0 Å². The Morgan fingerprint density at radius 1 is 1.26 bits per heavy atom. The summed E-state index contributed by atoms with van der Waals surface area (Å²) in [5.41, 5.74) is 1.62. The summed E-state index contributed by atoms with van der Waals surface area (Å²) in [7, 11) is 0. The van der Waals surface area contributed by atoms with E-state index < -0.39 is 0 Å². The van der Waals surface area contributed by atoms with Crippen LogP contribution in [0, 0.1) is 0 Å².